The first-order valence-electron chi connectivity index (χ1n) is 5.42. The highest BCUT2D eigenvalue weighted by Crippen LogP contribution is 2.24. The maximum absolute atomic E-state index is 12.8. The third-order valence-electron chi connectivity index (χ3n) is 3.27. The highest BCUT2D eigenvalue weighted by Gasteiger charge is 2.41. The lowest BCUT2D eigenvalue weighted by Gasteiger charge is -2.31. The number of carbonyl (C=O) groups is 1. The van der Waals surface area contributed by atoms with E-state index >= 15 is 0 Å². The lowest BCUT2D eigenvalue weighted by Crippen LogP contribution is -2.44. The lowest BCUT2D eigenvalue weighted by molar-refractivity contribution is -0.130. The van der Waals surface area contributed by atoms with Gasteiger partial charge in [-0.15, -0.1) is 3.89 Å². The molecule has 0 radical (unpaired) electrons. The van der Waals surface area contributed by atoms with E-state index < -0.39 is 15.5 Å². The third kappa shape index (κ3) is 2.35. The van der Waals surface area contributed by atoms with Crippen LogP contribution in [0.5, 0.6) is 0 Å². The SMILES string of the molecule is O=C1CC(S(=O)(=O)F)CN1C1CCNCC1. The zero-order valence-corrected chi connectivity index (χ0v) is 9.67. The topological polar surface area (TPSA) is 66.5 Å². The Morgan fingerprint density at radius 1 is 1.31 bits per heavy atom. The van der Waals surface area contributed by atoms with Gasteiger partial charge < -0.3 is 10.2 Å². The van der Waals surface area contributed by atoms with Gasteiger partial charge in [0.05, 0.1) is 0 Å². The molecule has 0 aliphatic carbocycles. The molecular formula is C9H15FN2O3S. The summed E-state index contributed by atoms with van der Waals surface area (Å²) in [6.07, 6.45) is 1.42. The third-order valence-corrected chi connectivity index (χ3v) is 4.38. The Morgan fingerprint density at radius 3 is 2.44 bits per heavy atom. The van der Waals surface area contributed by atoms with Crippen LogP contribution in [-0.2, 0) is 15.0 Å². The molecule has 2 saturated heterocycles. The van der Waals surface area contributed by atoms with Crippen LogP contribution in [0.1, 0.15) is 19.3 Å². The van der Waals surface area contributed by atoms with Crippen LogP contribution in [-0.4, -0.2) is 50.2 Å². The molecule has 0 saturated carbocycles. The molecule has 2 rings (SSSR count). The van der Waals surface area contributed by atoms with Crippen molar-refractivity contribution in [1.82, 2.24) is 10.2 Å². The molecule has 1 N–H and O–H groups in total. The number of hydrogen-bond donors (Lipinski definition) is 1. The molecule has 16 heavy (non-hydrogen) atoms. The summed E-state index contributed by atoms with van der Waals surface area (Å²) in [5.74, 6) is -0.238. The molecule has 0 aromatic heterocycles. The summed E-state index contributed by atoms with van der Waals surface area (Å²) in [6, 6.07) is 0.0699. The van der Waals surface area contributed by atoms with E-state index in [1.807, 2.05) is 0 Å². The fourth-order valence-electron chi connectivity index (χ4n) is 2.36. The second kappa shape index (κ2) is 4.29. The van der Waals surface area contributed by atoms with Crippen molar-refractivity contribution < 1.29 is 17.1 Å². The predicted octanol–water partition coefficient (Wildman–Crippen LogP) is -0.361. The van der Waals surface area contributed by atoms with Gasteiger partial charge in [-0.1, -0.05) is 0 Å². The first-order chi connectivity index (χ1) is 7.48. The summed E-state index contributed by atoms with van der Waals surface area (Å²) in [5, 5.41) is 2.01. The molecule has 92 valence electrons. The quantitative estimate of drug-likeness (QED) is 0.680. The fourth-order valence-corrected chi connectivity index (χ4v) is 3.04. The van der Waals surface area contributed by atoms with Crippen molar-refractivity contribution in [3.05, 3.63) is 0 Å². The van der Waals surface area contributed by atoms with Gasteiger partial charge in [-0.25, -0.2) is 0 Å². The van der Waals surface area contributed by atoms with E-state index in [-0.39, 0.29) is 24.9 Å². The Bertz CT molecular complexity index is 378. The van der Waals surface area contributed by atoms with Crippen LogP contribution >= 0.6 is 0 Å². The fraction of sp³-hybridized carbons (Fsp3) is 0.889. The molecule has 1 unspecified atom stereocenters. The summed E-state index contributed by atoms with van der Waals surface area (Å²) in [4.78, 5) is 13.1. The minimum atomic E-state index is -4.59. The molecule has 2 heterocycles. The molecule has 1 amide bonds. The van der Waals surface area contributed by atoms with E-state index in [9.17, 15) is 17.1 Å². The van der Waals surface area contributed by atoms with Crippen LogP contribution in [0.15, 0.2) is 0 Å². The zero-order chi connectivity index (χ0) is 11.8. The van der Waals surface area contributed by atoms with Crippen molar-refractivity contribution >= 4 is 16.1 Å². The monoisotopic (exact) mass is 250 g/mol. The maximum atomic E-state index is 12.8. The van der Waals surface area contributed by atoms with Gasteiger partial charge in [-0.05, 0) is 25.9 Å². The van der Waals surface area contributed by atoms with E-state index in [1.165, 1.54) is 4.90 Å². The first kappa shape index (κ1) is 11.8. The van der Waals surface area contributed by atoms with E-state index in [2.05, 4.69) is 5.32 Å². The smallest absolute Gasteiger partial charge is 0.307 e. The van der Waals surface area contributed by atoms with E-state index in [1.54, 1.807) is 0 Å². The molecule has 0 bridgehead atoms. The Hall–Kier alpha value is -0.690. The Morgan fingerprint density at radius 2 is 1.94 bits per heavy atom. The van der Waals surface area contributed by atoms with Gasteiger partial charge in [0.15, 0.2) is 0 Å². The highest BCUT2D eigenvalue weighted by atomic mass is 32.3. The van der Waals surface area contributed by atoms with Crippen molar-refractivity contribution in [2.75, 3.05) is 19.6 Å². The number of rotatable bonds is 2. The van der Waals surface area contributed by atoms with Gasteiger partial charge in [0.2, 0.25) is 5.91 Å². The van der Waals surface area contributed by atoms with Crippen LogP contribution in [0.25, 0.3) is 0 Å². The second-order valence-electron chi connectivity index (χ2n) is 4.33. The molecule has 0 aromatic carbocycles. The zero-order valence-electron chi connectivity index (χ0n) is 8.86. The summed E-state index contributed by atoms with van der Waals surface area (Å²) >= 11 is 0. The van der Waals surface area contributed by atoms with Gasteiger partial charge in [0.25, 0.3) is 0 Å². The van der Waals surface area contributed by atoms with Crippen molar-refractivity contribution in [3.63, 3.8) is 0 Å². The molecule has 7 heteroatoms. The van der Waals surface area contributed by atoms with Crippen molar-refractivity contribution in [3.8, 4) is 0 Å². The van der Waals surface area contributed by atoms with Crippen molar-refractivity contribution in [2.24, 2.45) is 0 Å². The number of hydrogen-bond acceptors (Lipinski definition) is 4. The number of likely N-dealkylation sites (tertiary alicyclic amines) is 1. The van der Waals surface area contributed by atoms with Gasteiger partial charge in [0, 0.05) is 19.0 Å². The second-order valence-corrected chi connectivity index (χ2v) is 5.95. The minimum absolute atomic E-state index is 0.0162. The lowest BCUT2D eigenvalue weighted by atomic mass is 10.1. The van der Waals surface area contributed by atoms with E-state index in [0.717, 1.165) is 25.9 Å². The number of nitrogens with one attached hydrogen (secondary N) is 1. The maximum Gasteiger partial charge on any atom is 0.307 e. The number of halogens is 1. The summed E-state index contributed by atoms with van der Waals surface area (Å²) in [5.41, 5.74) is 0. The molecule has 1 atom stereocenters. The molecule has 5 nitrogen and oxygen atoms in total. The van der Waals surface area contributed by atoms with Gasteiger partial charge >= 0.3 is 10.2 Å². The van der Waals surface area contributed by atoms with Gasteiger partial charge in [-0.3, -0.25) is 4.79 Å². The number of carbonyl (C=O) groups excluding carboxylic acids is 1. The van der Waals surface area contributed by atoms with Crippen LogP contribution in [0.3, 0.4) is 0 Å². The summed E-state index contributed by atoms with van der Waals surface area (Å²) in [7, 11) is -4.59. The average molecular weight is 250 g/mol. The molecule has 2 aliphatic heterocycles. The largest absolute Gasteiger partial charge is 0.338 e. The molecule has 0 aromatic rings. The predicted molar refractivity (Wildman–Crippen MR) is 56.0 cm³/mol. The highest BCUT2D eigenvalue weighted by molar-refractivity contribution is 7.87. The first-order valence-corrected chi connectivity index (χ1v) is 6.87. The Balaban J connectivity index is 2.04. The van der Waals surface area contributed by atoms with Crippen molar-refractivity contribution in [1.29, 1.82) is 0 Å². The molecule has 0 spiro atoms. The average Bonchev–Trinajstić information content (AvgIpc) is 2.61. The Kier molecular flexibility index (Phi) is 3.16. The summed E-state index contributed by atoms with van der Waals surface area (Å²) < 4.78 is 34.3. The summed E-state index contributed by atoms with van der Waals surface area (Å²) in [6.45, 7) is 1.66. The number of nitrogens with zero attached hydrogens (tertiary/aromatic N) is 1. The van der Waals surface area contributed by atoms with Crippen LogP contribution < -0.4 is 5.32 Å². The number of amides is 1. The van der Waals surface area contributed by atoms with E-state index in [0.29, 0.717) is 0 Å². The molecular weight excluding hydrogens is 235 g/mol. The van der Waals surface area contributed by atoms with Crippen LogP contribution in [0.2, 0.25) is 0 Å². The molecule has 2 aliphatic rings. The van der Waals surface area contributed by atoms with Gasteiger partial charge in [-0.2, -0.15) is 8.42 Å². The minimum Gasteiger partial charge on any atom is -0.338 e. The standard InChI is InChI=1S/C9H15FN2O3S/c10-16(14,15)8-5-9(13)12(6-8)7-1-3-11-4-2-7/h7-8,11H,1-6H2. The normalized spacial score (nSPS) is 28.7. The molecule has 2 fully saturated rings. The van der Waals surface area contributed by atoms with Gasteiger partial charge in [0.1, 0.15) is 5.25 Å². The van der Waals surface area contributed by atoms with Crippen molar-refractivity contribution in [2.45, 2.75) is 30.6 Å². The Labute approximate surface area is 94.2 Å². The van der Waals surface area contributed by atoms with Crippen LogP contribution in [0.4, 0.5) is 3.89 Å². The van der Waals surface area contributed by atoms with Crippen LogP contribution in [0, 0.1) is 0 Å². The van der Waals surface area contributed by atoms with E-state index in [4.69, 9.17) is 0 Å². The number of piperidine rings is 1.